The zero-order valence-electron chi connectivity index (χ0n) is 16.2. The van der Waals surface area contributed by atoms with Gasteiger partial charge in [-0.15, -0.1) is 0 Å². The van der Waals surface area contributed by atoms with E-state index in [0.717, 1.165) is 30.5 Å². The van der Waals surface area contributed by atoms with E-state index in [-0.39, 0.29) is 17.5 Å². The average molecular weight is 385 g/mol. The number of rotatable bonds is 5. The number of aromatic nitrogens is 1. The maximum Gasteiger partial charge on any atom is 0.269 e. The van der Waals surface area contributed by atoms with E-state index in [9.17, 15) is 9.59 Å². The third-order valence-electron chi connectivity index (χ3n) is 5.14. The van der Waals surface area contributed by atoms with Crippen LogP contribution in [-0.2, 0) is 12.8 Å². The highest BCUT2D eigenvalue weighted by atomic mass is 16.2. The predicted octanol–water partition coefficient (Wildman–Crippen LogP) is 3.65. The molecule has 4 rings (SSSR count). The lowest BCUT2D eigenvalue weighted by molar-refractivity contribution is 0.0949. The number of para-hydroxylation sites is 1. The van der Waals surface area contributed by atoms with Gasteiger partial charge in [-0.05, 0) is 48.6 Å². The Kier molecular flexibility index (Phi) is 5.66. The summed E-state index contributed by atoms with van der Waals surface area (Å²) in [6.07, 6.45) is 4.18. The number of nitrogens with zero attached hydrogens (tertiary/aromatic N) is 2. The SMILES string of the molecule is O=C(NCCc1ccccc1)c1cc(C(=O)N2CCCc3ccccc32)ccn1. The van der Waals surface area contributed by atoms with Gasteiger partial charge in [0.1, 0.15) is 5.69 Å². The predicted molar refractivity (Wildman–Crippen MR) is 113 cm³/mol. The number of fused-ring (bicyclic) bond motifs is 1. The molecule has 146 valence electrons. The largest absolute Gasteiger partial charge is 0.350 e. The van der Waals surface area contributed by atoms with Crippen molar-refractivity contribution in [2.24, 2.45) is 0 Å². The van der Waals surface area contributed by atoms with E-state index >= 15 is 0 Å². The van der Waals surface area contributed by atoms with Gasteiger partial charge in [0.15, 0.2) is 0 Å². The molecule has 1 aromatic heterocycles. The van der Waals surface area contributed by atoms with Crippen LogP contribution in [0, 0.1) is 0 Å². The van der Waals surface area contributed by atoms with E-state index in [1.165, 1.54) is 11.8 Å². The summed E-state index contributed by atoms with van der Waals surface area (Å²) in [7, 11) is 0. The molecule has 1 N–H and O–H groups in total. The molecule has 0 fully saturated rings. The summed E-state index contributed by atoms with van der Waals surface area (Å²) in [5, 5.41) is 2.88. The van der Waals surface area contributed by atoms with Crippen LogP contribution in [0.15, 0.2) is 72.9 Å². The number of aryl methyl sites for hydroxylation is 1. The average Bonchev–Trinajstić information content (AvgIpc) is 2.79. The molecule has 29 heavy (non-hydrogen) atoms. The molecule has 0 bridgehead atoms. The van der Waals surface area contributed by atoms with Crippen molar-refractivity contribution >= 4 is 17.5 Å². The summed E-state index contributed by atoms with van der Waals surface area (Å²) < 4.78 is 0. The van der Waals surface area contributed by atoms with Gasteiger partial charge in [0, 0.05) is 30.5 Å². The third kappa shape index (κ3) is 4.35. The molecule has 1 aliphatic heterocycles. The van der Waals surface area contributed by atoms with E-state index in [2.05, 4.69) is 16.4 Å². The van der Waals surface area contributed by atoms with Gasteiger partial charge in [0.25, 0.3) is 11.8 Å². The Labute approximate surface area is 170 Å². The second-order valence-electron chi connectivity index (χ2n) is 7.11. The number of hydrogen-bond donors (Lipinski definition) is 1. The summed E-state index contributed by atoms with van der Waals surface area (Å²) in [4.78, 5) is 31.5. The van der Waals surface area contributed by atoms with Crippen molar-refractivity contribution in [2.75, 3.05) is 18.0 Å². The lowest BCUT2D eigenvalue weighted by Gasteiger charge is -2.29. The number of pyridine rings is 1. The Balaban J connectivity index is 1.44. The first-order valence-corrected chi connectivity index (χ1v) is 9.90. The Bertz CT molecular complexity index is 1020. The number of benzene rings is 2. The minimum absolute atomic E-state index is 0.0992. The fraction of sp³-hybridized carbons (Fsp3) is 0.208. The minimum Gasteiger partial charge on any atom is -0.350 e. The number of carbonyl (C=O) groups is 2. The van der Waals surface area contributed by atoms with Crippen molar-refractivity contribution in [2.45, 2.75) is 19.3 Å². The standard InChI is InChI=1S/C24H23N3O2/c28-23(26-14-12-18-7-2-1-3-8-18)21-17-20(13-15-25-21)24(29)27-16-6-10-19-9-4-5-11-22(19)27/h1-5,7-9,11,13,15,17H,6,10,12,14,16H2,(H,26,28). The first-order chi connectivity index (χ1) is 14.2. The van der Waals surface area contributed by atoms with Gasteiger partial charge in [-0.25, -0.2) is 0 Å². The number of hydrogen-bond acceptors (Lipinski definition) is 3. The van der Waals surface area contributed by atoms with Crippen LogP contribution in [0.5, 0.6) is 0 Å². The summed E-state index contributed by atoms with van der Waals surface area (Å²) in [5.74, 6) is -0.368. The first kappa shape index (κ1) is 18.9. The van der Waals surface area contributed by atoms with Gasteiger partial charge in [0.2, 0.25) is 0 Å². The Morgan fingerprint density at radius 2 is 1.79 bits per heavy atom. The molecule has 2 heterocycles. The molecule has 0 spiro atoms. The van der Waals surface area contributed by atoms with Gasteiger partial charge in [0.05, 0.1) is 0 Å². The van der Waals surface area contributed by atoms with E-state index in [4.69, 9.17) is 0 Å². The first-order valence-electron chi connectivity index (χ1n) is 9.90. The highest BCUT2D eigenvalue weighted by molar-refractivity contribution is 6.07. The van der Waals surface area contributed by atoms with Gasteiger partial charge in [-0.3, -0.25) is 14.6 Å². The summed E-state index contributed by atoms with van der Waals surface area (Å²) in [5.41, 5.74) is 4.03. The molecular formula is C24H23N3O2. The summed E-state index contributed by atoms with van der Waals surface area (Å²) in [6.45, 7) is 1.19. The van der Waals surface area contributed by atoms with E-state index in [0.29, 0.717) is 18.7 Å². The van der Waals surface area contributed by atoms with Crippen molar-refractivity contribution in [1.82, 2.24) is 10.3 Å². The molecule has 1 aliphatic rings. The Hall–Kier alpha value is -3.47. The fourth-order valence-electron chi connectivity index (χ4n) is 3.64. The van der Waals surface area contributed by atoms with E-state index in [1.807, 2.05) is 48.5 Å². The number of nitrogens with one attached hydrogen (secondary N) is 1. The van der Waals surface area contributed by atoms with Crippen LogP contribution in [0.4, 0.5) is 5.69 Å². The lowest BCUT2D eigenvalue weighted by Crippen LogP contribution is -2.35. The number of anilines is 1. The van der Waals surface area contributed by atoms with Crippen LogP contribution in [0.2, 0.25) is 0 Å². The second-order valence-corrected chi connectivity index (χ2v) is 7.11. The molecule has 5 nitrogen and oxygen atoms in total. The molecule has 0 saturated heterocycles. The summed E-state index contributed by atoms with van der Waals surface area (Å²) >= 11 is 0. The molecule has 0 unspecified atom stereocenters. The van der Waals surface area contributed by atoms with Crippen molar-refractivity contribution in [3.8, 4) is 0 Å². The van der Waals surface area contributed by atoms with Crippen molar-refractivity contribution < 1.29 is 9.59 Å². The smallest absolute Gasteiger partial charge is 0.269 e. The normalized spacial score (nSPS) is 12.9. The highest BCUT2D eigenvalue weighted by Gasteiger charge is 2.24. The van der Waals surface area contributed by atoms with Crippen LogP contribution in [0.1, 0.15) is 38.4 Å². The van der Waals surface area contributed by atoms with Crippen molar-refractivity contribution in [3.63, 3.8) is 0 Å². The van der Waals surface area contributed by atoms with Crippen molar-refractivity contribution in [3.05, 3.63) is 95.3 Å². The topological polar surface area (TPSA) is 62.3 Å². The van der Waals surface area contributed by atoms with Crippen molar-refractivity contribution in [1.29, 1.82) is 0 Å². The van der Waals surface area contributed by atoms with Crippen LogP contribution < -0.4 is 10.2 Å². The van der Waals surface area contributed by atoms with Crippen LogP contribution in [-0.4, -0.2) is 29.9 Å². The van der Waals surface area contributed by atoms with Crippen LogP contribution >= 0.6 is 0 Å². The zero-order valence-corrected chi connectivity index (χ0v) is 16.2. The maximum atomic E-state index is 13.1. The monoisotopic (exact) mass is 385 g/mol. The van der Waals surface area contributed by atoms with Crippen LogP contribution in [0.3, 0.4) is 0 Å². The molecule has 2 aromatic carbocycles. The summed E-state index contributed by atoms with van der Waals surface area (Å²) in [6, 6.07) is 21.2. The molecule has 0 saturated carbocycles. The quantitative estimate of drug-likeness (QED) is 0.729. The molecule has 0 aliphatic carbocycles. The lowest BCUT2D eigenvalue weighted by atomic mass is 10.0. The van der Waals surface area contributed by atoms with E-state index < -0.39 is 0 Å². The van der Waals surface area contributed by atoms with Gasteiger partial charge in [-0.1, -0.05) is 48.5 Å². The molecular weight excluding hydrogens is 362 g/mol. The minimum atomic E-state index is -0.269. The molecule has 0 atom stereocenters. The Morgan fingerprint density at radius 3 is 2.66 bits per heavy atom. The van der Waals surface area contributed by atoms with Gasteiger partial charge >= 0.3 is 0 Å². The molecule has 3 aromatic rings. The number of carbonyl (C=O) groups excluding carboxylic acids is 2. The molecule has 0 radical (unpaired) electrons. The van der Waals surface area contributed by atoms with Crippen LogP contribution in [0.25, 0.3) is 0 Å². The van der Waals surface area contributed by atoms with Gasteiger partial charge < -0.3 is 10.2 Å². The second kappa shape index (κ2) is 8.69. The third-order valence-corrected chi connectivity index (χ3v) is 5.14. The molecule has 2 amide bonds. The maximum absolute atomic E-state index is 13.1. The molecule has 5 heteroatoms. The van der Waals surface area contributed by atoms with E-state index in [1.54, 1.807) is 17.0 Å². The number of amides is 2. The van der Waals surface area contributed by atoms with Gasteiger partial charge in [-0.2, -0.15) is 0 Å². The fourth-order valence-corrected chi connectivity index (χ4v) is 3.64. The zero-order chi connectivity index (χ0) is 20.1. The Morgan fingerprint density at radius 1 is 1.00 bits per heavy atom. The highest BCUT2D eigenvalue weighted by Crippen LogP contribution is 2.28.